The molecule has 0 fully saturated rings. The molecule has 0 aliphatic carbocycles. The number of thiophene rings is 1. The average Bonchev–Trinajstić information content (AvgIpc) is 2.83. The minimum atomic E-state index is -0.480. The van der Waals surface area contributed by atoms with Crippen LogP contribution < -0.4 is 5.73 Å². The van der Waals surface area contributed by atoms with Gasteiger partial charge in [0.2, 0.25) is 5.95 Å². The van der Waals surface area contributed by atoms with E-state index in [-0.39, 0.29) is 5.02 Å². The second kappa shape index (κ2) is 4.75. The fourth-order valence-corrected chi connectivity index (χ4v) is 3.39. The number of nitrogens with zero attached hydrogens (tertiary/aromatic N) is 2. The number of hydrogen-bond donors (Lipinski definition) is 1. The van der Waals surface area contributed by atoms with Gasteiger partial charge in [-0.3, -0.25) is 0 Å². The van der Waals surface area contributed by atoms with Gasteiger partial charge in [0.1, 0.15) is 5.82 Å². The molecule has 0 atom stereocenters. The van der Waals surface area contributed by atoms with Crippen molar-refractivity contribution in [3.63, 3.8) is 0 Å². The Hall–Kier alpha value is -1.59. The van der Waals surface area contributed by atoms with Crippen LogP contribution in [0.1, 0.15) is 15.3 Å². The van der Waals surface area contributed by atoms with Crippen LogP contribution in [0.25, 0.3) is 11.0 Å². The summed E-state index contributed by atoms with van der Waals surface area (Å²) in [7, 11) is 0. The van der Waals surface area contributed by atoms with Gasteiger partial charge in [0.05, 0.1) is 22.6 Å². The summed E-state index contributed by atoms with van der Waals surface area (Å²) in [6.07, 6.45) is 0. The van der Waals surface area contributed by atoms with Gasteiger partial charge in [0, 0.05) is 15.8 Å². The van der Waals surface area contributed by atoms with Gasteiger partial charge in [0.15, 0.2) is 0 Å². The minimum absolute atomic E-state index is 0.0807. The van der Waals surface area contributed by atoms with Gasteiger partial charge in [0.25, 0.3) is 0 Å². The number of halogens is 2. The van der Waals surface area contributed by atoms with Crippen molar-refractivity contribution in [2.45, 2.75) is 20.4 Å². The number of aryl methyl sites for hydroxylation is 2. The third-order valence-corrected chi connectivity index (χ3v) is 4.78. The highest BCUT2D eigenvalue weighted by Gasteiger charge is 2.13. The molecule has 0 saturated heterocycles. The lowest BCUT2D eigenvalue weighted by atomic mass is 10.2. The van der Waals surface area contributed by atoms with Gasteiger partial charge in [-0.05, 0) is 31.5 Å². The van der Waals surface area contributed by atoms with E-state index in [1.165, 1.54) is 21.4 Å². The monoisotopic (exact) mass is 309 g/mol. The number of aromatic nitrogens is 2. The summed E-state index contributed by atoms with van der Waals surface area (Å²) in [6.45, 7) is 4.78. The third-order valence-electron chi connectivity index (χ3n) is 3.35. The Labute approximate surface area is 124 Å². The molecule has 1 aromatic carbocycles. The molecule has 0 unspecified atom stereocenters. The lowest BCUT2D eigenvalue weighted by molar-refractivity contribution is 0.629. The first-order valence-corrected chi connectivity index (χ1v) is 7.32. The SMILES string of the molecule is Cc1cc(Cn2c(N)nc3cc(F)c(Cl)cc32)sc1C. The molecule has 0 aliphatic rings. The summed E-state index contributed by atoms with van der Waals surface area (Å²) in [4.78, 5) is 6.66. The maximum absolute atomic E-state index is 13.5. The summed E-state index contributed by atoms with van der Waals surface area (Å²) in [6, 6.07) is 5.02. The Balaban J connectivity index is 2.11. The number of rotatable bonds is 2. The zero-order chi connectivity index (χ0) is 14.4. The highest BCUT2D eigenvalue weighted by Crippen LogP contribution is 2.28. The van der Waals surface area contributed by atoms with E-state index in [0.717, 1.165) is 5.52 Å². The molecule has 0 amide bonds. The molecule has 6 heteroatoms. The van der Waals surface area contributed by atoms with Crippen LogP contribution in [0, 0.1) is 19.7 Å². The Kier molecular flexibility index (Phi) is 3.18. The molecule has 3 nitrogen and oxygen atoms in total. The van der Waals surface area contributed by atoms with E-state index in [0.29, 0.717) is 18.0 Å². The summed E-state index contributed by atoms with van der Waals surface area (Å²) in [5, 5.41) is 0.0807. The number of benzene rings is 1. The highest BCUT2D eigenvalue weighted by molar-refractivity contribution is 7.12. The van der Waals surface area contributed by atoms with Gasteiger partial charge < -0.3 is 10.3 Å². The smallest absolute Gasteiger partial charge is 0.201 e. The first kappa shape index (κ1) is 13.4. The molecule has 0 aliphatic heterocycles. The fraction of sp³-hybridized carbons (Fsp3) is 0.214. The summed E-state index contributed by atoms with van der Waals surface area (Å²) in [5.41, 5.74) is 8.47. The highest BCUT2D eigenvalue weighted by atomic mass is 35.5. The van der Waals surface area contributed by atoms with Crippen molar-refractivity contribution < 1.29 is 4.39 Å². The Morgan fingerprint density at radius 3 is 2.75 bits per heavy atom. The molecular weight excluding hydrogens is 297 g/mol. The first-order valence-electron chi connectivity index (χ1n) is 6.12. The quantitative estimate of drug-likeness (QED) is 0.773. The van der Waals surface area contributed by atoms with Crippen LogP contribution in [0.15, 0.2) is 18.2 Å². The summed E-state index contributed by atoms with van der Waals surface area (Å²) in [5.74, 6) is -0.114. The molecule has 20 heavy (non-hydrogen) atoms. The van der Waals surface area contributed by atoms with Gasteiger partial charge in [-0.2, -0.15) is 0 Å². The van der Waals surface area contributed by atoms with E-state index in [2.05, 4.69) is 24.9 Å². The van der Waals surface area contributed by atoms with Crippen LogP contribution in [-0.2, 0) is 6.54 Å². The largest absolute Gasteiger partial charge is 0.369 e. The summed E-state index contributed by atoms with van der Waals surface area (Å²) < 4.78 is 15.3. The van der Waals surface area contributed by atoms with Crippen molar-refractivity contribution in [3.8, 4) is 0 Å². The summed E-state index contributed by atoms with van der Waals surface area (Å²) >= 11 is 7.57. The van der Waals surface area contributed by atoms with E-state index >= 15 is 0 Å². The second-order valence-corrected chi connectivity index (χ2v) is 6.51. The number of fused-ring (bicyclic) bond motifs is 1. The molecule has 0 saturated carbocycles. The molecule has 3 rings (SSSR count). The van der Waals surface area contributed by atoms with Crippen molar-refractivity contribution in [1.82, 2.24) is 9.55 Å². The van der Waals surface area contributed by atoms with Crippen LogP contribution in [0.3, 0.4) is 0 Å². The third kappa shape index (κ3) is 2.17. The molecule has 2 heterocycles. The van der Waals surface area contributed by atoms with Crippen LogP contribution in [0.4, 0.5) is 10.3 Å². The maximum Gasteiger partial charge on any atom is 0.201 e. The normalized spacial score (nSPS) is 11.4. The molecule has 3 aromatic rings. The van der Waals surface area contributed by atoms with Crippen LogP contribution in [-0.4, -0.2) is 9.55 Å². The molecule has 2 N–H and O–H groups in total. The Morgan fingerprint density at radius 1 is 1.35 bits per heavy atom. The standard InChI is InChI=1S/C14H13ClFN3S/c1-7-3-9(20-8(7)2)6-19-13-4-10(15)11(16)5-12(13)18-14(19)17/h3-5H,6H2,1-2H3,(H2,17,18). The van der Waals surface area contributed by atoms with Crippen molar-refractivity contribution in [1.29, 1.82) is 0 Å². The van der Waals surface area contributed by atoms with E-state index in [9.17, 15) is 4.39 Å². The van der Waals surface area contributed by atoms with Crippen molar-refractivity contribution in [3.05, 3.63) is 44.4 Å². The topological polar surface area (TPSA) is 43.8 Å². The van der Waals surface area contributed by atoms with Gasteiger partial charge in [-0.1, -0.05) is 11.6 Å². The zero-order valence-electron chi connectivity index (χ0n) is 11.1. The van der Waals surface area contributed by atoms with Crippen molar-refractivity contribution >= 4 is 39.9 Å². The van der Waals surface area contributed by atoms with Crippen LogP contribution >= 0.6 is 22.9 Å². The number of imidazole rings is 1. The second-order valence-electron chi connectivity index (χ2n) is 4.76. The molecule has 0 bridgehead atoms. The van der Waals surface area contributed by atoms with E-state index < -0.39 is 5.82 Å². The van der Waals surface area contributed by atoms with Crippen molar-refractivity contribution in [2.24, 2.45) is 0 Å². The molecule has 0 spiro atoms. The van der Waals surface area contributed by atoms with Gasteiger partial charge >= 0.3 is 0 Å². The van der Waals surface area contributed by atoms with E-state index in [4.69, 9.17) is 17.3 Å². The predicted octanol–water partition coefficient (Wildman–Crippen LogP) is 4.14. The van der Waals surface area contributed by atoms with E-state index in [1.54, 1.807) is 17.4 Å². The van der Waals surface area contributed by atoms with E-state index in [1.807, 2.05) is 4.57 Å². The zero-order valence-corrected chi connectivity index (χ0v) is 12.6. The number of anilines is 1. The lowest BCUT2D eigenvalue weighted by Gasteiger charge is -2.05. The van der Waals surface area contributed by atoms with Gasteiger partial charge in [-0.15, -0.1) is 11.3 Å². The Morgan fingerprint density at radius 2 is 2.10 bits per heavy atom. The first-order chi connectivity index (χ1) is 9.45. The lowest BCUT2D eigenvalue weighted by Crippen LogP contribution is -2.03. The van der Waals surface area contributed by atoms with Crippen LogP contribution in [0.2, 0.25) is 5.02 Å². The van der Waals surface area contributed by atoms with Crippen LogP contribution in [0.5, 0.6) is 0 Å². The van der Waals surface area contributed by atoms with Crippen molar-refractivity contribution in [2.75, 3.05) is 5.73 Å². The fourth-order valence-electron chi connectivity index (χ4n) is 2.19. The average molecular weight is 310 g/mol. The molecule has 0 radical (unpaired) electrons. The predicted molar refractivity (Wildman–Crippen MR) is 82.0 cm³/mol. The molecule has 2 aromatic heterocycles. The number of nitrogens with two attached hydrogens (primary N) is 1. The minimum Gasteiger partial charge on any atom is -0.369 e. The molecule has 104 valence electrons. The number of hydrogen-bond acceptors (Lipinski definition) is 3. The maximum atomic E-state index is 13.5. The number of nitrogen functional groups attached to an aromatic ring is 1. The Bertz CT molecular complexity index is 787. The van der Waals surface area contributed by atoms with Gasteiger partial charge in [-0.25, -0.2) is 9.37 Å². The molecular formula is C14H13ClFN3S.